The summed E-state index contributed by atoms with van der Waals surface area (Å²) in [5, 5.41) is 4.11. The number of halogens is 3. The number of carbonyl (C=O) groups is 1. The monoisotopic (exact) mass is 482 g/mol. The fraction of sp³-hybridized carbons (Fsp3) is 0.609. The maximum Gasteiger partial charge on any atom is 0.416 e. The molecule has 2 aliphatic heterocycles. The molecule has 186 valence electrons. The van der Waals surface area contributed by atoms with E-state index < -0.39 is 17.3 Å². The van der Waals surface area contributed by atoms with E-state index in [0.717, 1.165) is 30.5 Å². The number of hydrogen-bond acceptors (Lipinski definition) is 7. The molecule has 8 nitrogen and oxygen atoms in total. The minimum absolute atomic E-state index is 0.167. The van der Waals surface area contributed by atoms with E-state index in [0.29, 0.717) is 57.4 Å². The Balaban J connectivity index is 1.70. The SMILES string of the molecule is CCOC1CCN1C1(c2nc(CCOC)no2)CC(c2ccc(C(F)(F)F)cc2)CN(C=O)C1. The van der Waals surface area contributed by atoms with Gasteiger partial charge in [0.25, 0.3) is 0 Å². The van der Waals surface area contributed by atoms with Crippen molar-refractivity contribution < 1.29 is 32.0 Å². The highest BCUT2D eigenvalue weighted by Gasteiger charge is 2.54. The summed E-state index contributed by atoms with van der Waals surface area (Å²) in [4.78, 5) is 20.4. The summed E-state index contributed by atoms with van der Waals surface area (Å²) < 4.78 is 56.0. The molecule has 11 heteroatoms. The van der Waals surface area contributed by atoms with E-state index in [1.54, 1.807) is 12.0 Å². The number of likely N-dealkylation sites (tertiary alicyclic amines) is 2. The third-order valence-corrected chi connectivity index (χ3v) is 6.63. The highest BCUT2D eigenvalue weighted by molar-refractivity contribution is 5.49. The zero-order valence-electron chi connectivity index (χ0n) is 19.3. The molecule has 0 radical (unpaired) electrons. The van der Waals surface area contributed by atoms with Crippen LogP contribution in [0.1, 0.15) is 48.5 Å². The normalized spacial score (nSPS) is 25.9. The molecule has 4 rings (SSSR count). The molecule has 2 aliphatic rings. The second-order valence-corrected chi connectivity index (χ2v) is 8.74. The Morgan fingerprint density at radius 2 is 2.06 bits per heavy atom. The molecule has 0 N–H and O–H groups in total. The third-order valence-electron chi connectivity index (χ3n) is 6.63. The first-order valence-corrected chi connectivity index (χ1v) is 11.4. The average Bonchev–Trinajstić information content (AvgIpc) is 3.29. The molecule has 34 heavy (non-hydrogen) atoms. The number of carbonyl (C=O) groups excluding carboxylic acids is 1. The zero-order chi connectivity index (χ0) is 24.3. The summed E-state index contributed by atoms with van der Waals surface area (Å²) in [6, 6.07) is 5.14. The first kappa shape index (κ1) is 24.6. The smallest absolute Gasteiger partial charge is 0.384 e. The fourth-order valence-corrected chi connectivity index (χ4v) is 4.91. The summed E-state index contributed by atoms with van der Waals surface area (Å²) >= 11 is 0. The largest absolute Gasteiger partial charge is 0.416 e. The molecule has 2 fully saturated rings. The number of rotatable bonds is 9. The lowest BCUT2D eigenvalue weighted by atomic mass is 9.76. The van der Waals surface area contributed by atoms with Crippen molar-refractivity contribution in [3.63, 3.8) is 0 Å². The predicted molar refractivity (Wildman–Crippen MR) is 115 cm³/mol. The van der Waals surface area contributed by atoms with Crippen molar-refractivity contribution in [2.24, 2.45) is 0 Å². The van der Waals surface area contributed by atoms with E-state index in [4.69, 9.17) is 14.0 Å². The van der Waals surface area contributed by atoms with Crippen LogP contribution in [0.2, 0.25) is 0 Å². The molecule has 0 saturated carbocycles. The van der Waals surface area contributed by atoms with E-state index in [1.807, 2.05) is 6.92 Å². The minimum atomic E-state index is -4.41. The van der Waals surface area contributed by atoms with Crippen LogP contribution in [0.15, 0.2) is 28.8 Å². The zero-order valence-corrected chi connectivity index (χ0v) is 19.3. The Kier molecular flexibility index (Phi) is 7.25. The summed E-state index contributed by atoms with van der Waals surface area (Å²) in [6.45, 7) is 4.30. The summed E-state index contributed by atoms with van der Waals surface area (Å²) in [6.07, 6.45) is -2.01. The number of benzene rings is 1. The Bertz CT molecular complexity index is 968. The minimum Gasteiger partial charge on any atom is -0.384 e. The van der Waals surface area contributed by atoms with Gasteiger partial charge in [-0.05, 0) is 31.0 Å². The van der Waals surface area contributed by atoms with E-state index in [2.05, 4.69) is 15.0 Å². The van der Waals surface area contributed by atoms with E-state index in [1.165, 1.54) is 12.1 Å². The van der Waals surface area contributed by atoms with Gasteiger partial charge in [-0.15, -0.1) is 0 Å². The van der Waals surface area contributed by atoms with Crippen molar-refractivity contribution in [3.8, 4) is 0 Å². The van der Waals surface area contributed by atoms with Crippen LogP contribution in [-0.4, -0.2) is 72.5 Å². The van der Waals surface area contributed by atoms with Crippen LogP contribution in [-0.2, 0) is 32.4 Å². The van der Waals surface area contributed by atoms with E-state index in [9.17, 15) is 18.0 Å². The quantitative estimate of drug-likeness (QED) is 0.508. The molecule has 0 aliphatic carbocycles. The lowest BCUT2D eigenvalue weighted by Crippen LogP contribution is -2.66. The maximum atomic E-state index is 13.1. The van der Waals surface area contributed by atoms with Crippen molar-refractivity contribution >= 4 is 6.41 Å². The second-order valence-electron chi connectivity index (χ2n) is 8.74. The Labute approximate surface area is 196 Å². The van der Waals surface area contributed by atoms with Crippen LogP contribution in [0.3, 0.4) is 0 Å². The molecule has 1 amide bonds. The Morgan fingerprint density at radius 1 is 1.29 bits per heavy atom. The first-order valence-electron chi connectivity index (χ1n) is 11.4. The van der Waals surface area contributed by atoms with Crippen LogP contribution in [0.25, 0.3) is 0 Å². The van der Waals surface area contributed by atoms with Crippen molar-refractivity contribution in [2.45, 2.75) is 50.0 Å². The highest BCUT2D eigenvalue weighted by atomic mass is 19.4. The Morgan fingerprint density at radius 3 is 2.65 bits per heavy atom. The summed E-state index contributed by atoms with van der Waals surface area (Å²) in [5.74, 6) is 0.656. The lowest BCUT2D eigenvalue weighted by Gasteiger charge is -2.55. The van der Waals surface area contributed by atoms with Gasteiger partial charge in [-0.2, -0.15) is 18.2 Å². The molecule has 3 atom stereocenters. The van der Waals surface area contributed by atoms with Gasteiger partial charge < -0.3 is 18.9 Å². The molecular formula is C23H29F3N4O4. The van der Waals surface area contributed by atoms with Crippen LogP contribution < -0.4 is 0 Å². The summed E-state index contributed by atoms with van der Waals surface area (Å²) in [5.41, 5.74) is -0.802. The van der Waals surface area contributed by atoms with Gasteiger partial charge in [0.15, 0.2) is 5.82 Å². The molecule has 0 spiro atoms. The number of methoxy groups -OCH3 is 1. The van der Waals surface area contributed by atoms with E-state index >= 15 is 0 Å². The highest BCUT2D eigenvalue weighted by Crippen LogP contribution is 2.46. The van der Waals surface area contributed by atoms with Crippen molar-refractivity contribution in [1.29, 1.82) is 0 Å². The van der Waals surface area contributed by atoms with Gasteiger partial charge in [-0.1, -0.05) is 17.3 Å². The number of aromatic nitrogens is 2. The Hall–Kier alpha value is -2.50. The number of piperidine rings is 1. The number of amides is 1. The maximum absolute atomic E-state index is 13.1. The third kappa shape index (κ3) is 4.82. The van der Waals surface area contributed by atoms with Crippen molar-refractivity contribution in [3.05, 3.63) is 47.1 Å². The van der Waals surface area contributed by atoms with Gasteiger partial charge >= 0.3 is 6.18 Å². The number of hydrogen-bond donors (Lipinski definition) is 0. The average molecular weight is 483 g/mol. The van der Waals surface area contributed by atoms with Crippen LogP contribution in [0, 0.1) is 0 Å². The molecule has 1 aromatic carbocycles. The molecule has 3 heterocycles. The molecule has 1 aromatic heterocycles. The number of alkyl halides is 3. The number of ether oxygens (including phenoxy) is 2. The topological polar surface area (TPSA) is 80.9 Å². The van der Waals surface area contributed by atoms with Crippen LogP contribution in [0.4, 0.5) is 13.2 Å². The predicted octanol–water partition coefficient (Wildman–Crippen LogP) is 3.19. The van der Waals surface area contributed by atoms with Gasteiger partial charge in [0, 0.05) is 52.1 Å². The van der Waals surface area contributed by atoms with Gasteiger partial charge in [0.05, 0.1) is 12.2 Å². The molecule has 2 saturated heterocycles. The van der Waals surface area contributed by atoms with Crippen LogP contribution >= 0.6 is 0 Å². The molecular weight excluding hydrogens is 453 g/mol. The van der Waals surface area contributed by atoms with E-state index in [-0.39, 0.29) is 12.1 Å². The molecule has 2 aromatic rings. The molecule has 3 unspecified atom stereocenters. The second kappa shape index (κ2) is 10.0. The first-order chi connectivity index (χ1) is 16.3. The summed E-state index contributed by atoms with van der Waals surface area (Å²) in [7, 11) is 1.59. The standard InChI is InChI=1S/C23H29F3N4O4/c1-3-33-20-8-10-30(20)22(21-27-19(28-34-21)9-11-32-2)12-17(13-29(14-22)15-31)16-4-6-18(7-5-16)23(24,25)26/h4-7,15,17,20H,3,8-14H2,1-2H3. The van der Waals surface area contributed by atoms with Crippen LogP contribution in [0.5, 0.6) is 0 Å². The van der Waals surface area contributed by atoms with Crippen molar-refractivity contribution in [1.82, 2.24) is 19.9 Å². The lowest BCUT2D eigenvalue weighted by molar-refractivity contribution is -0.193. The van der Waals surface area contributed by atoms with Gasteiger partial charge in [-0.25, -0.2) is 0 Å². The van der Waals surface area contributed by atoms with Gasteiger partial charge in [0.1, 0.15) is 11.8 Å². The molecule has 0 bridgehead atoms. The van der Waals surface area contributed by atoms with Gasteiger partial charge in [0.2, 0.25) is 12.3 Å². The van der Waals surface area contributed by atoms with Crippen molar-refractivity contribution in [2.75, 3.05) is 40.0 Å². The fourth-order valence-electron chi connectivity index (χ4n) is 4.91. The number of nitrogens with zero attached hydrogens (tertiary/aromatic N) is 4. The van der Waals surface area contributed by atoms with Gasteiger partial charge in [-0.3, -0.25) is 9.69 Å².